The molecule has 1 aromatic heterocycles. The summed E-state index contributed by atoms with van der Waals surface area (Å²) >= 11 is 17.4. The van der Waals surface area contributed by atoms with Crippen molar-refractivity contribution in [2.24, 2.45) is 5.73 Å². The molecule has 3 aromatic carbocycles. The van der Waals surface area contributed by atoms with Gasteiger partial charge in [0.15, 0.2) is 19.7 Å². The van der Waals surface area contributed by atoms with Gasteiger partial charge in [-0.3, -0.25) is 24.3 Å². The molecule has 0 bridgehead atoms. The van der Waals surface area contributed by atoms with Crippen LogP contribution in [0.2, 0.25) is 15.1 Å². The van der Waals surface area contributed by atoms with E-state index < -0.39 is 119 Å². The number of amides is 4. The van der Waals surface area contributed by atoms with Crippen molar-refractivity contribution in [2.75, 3.05) is 43.4 Å². The number of hydrogen-bond acceptors (Lipinski definition) is 18. The number of methoxy groups -OCH3 is 1. The van der Waals surface area contributed by atoms with Gasteiger partial charge in [-0.05, 0) is 68.9 Å². The normalized spacial score (nSPS) is 13.8. The van der Waals surface area contributed by atoms with Crippen molar-refractivity contribution in [2.45, 2.75) is 82.5 Å². The second kappa shape index (κ2) is 32.4. The quantitative estimate of drug-likeness (QED) is 0.0127. The van der Waals surface area contributed by atoms with Gasteiger partial charge in [0.1, 0.15) is 28.1 Å². The number of carbonyl (C=O) groups excluding carboxylic acids is 4. The van der Waals surface area contributed by atoms with Crippen molar-refractivity contribution in [3.05, 3.63) is 97.8 Å². The van der Waals surface area contributed by atoms with Crippen LogP contribution in [0.4, 0.5) is 38.4 Å². The van der Waals surface area contributed by atoms with Crippen molar-refractivity contribution < 1.29 is 112 Å². The Morgan fingerprint density at radius 2 is 1.41 bits per heavy atom. The lowest BCUT2D eigenvalue weighted by Gasteiger charge is -2.18. The number of hydrogen-bond donors (Lipinski definition) is 7. The number of alkyl halides is 4. The van der Waals surface area contributed by atoms with E-state index in [-0.39, 0.29) is 50.4 Å². The second-order valence-electron chi connectivity index (χ2n) is 16.8. The Balaban J connectivity index is 0.000000315. The molecule has 2 heterocycles. The highest BCUT2D eigenvalue weighted by molar-refractivity contribution is 7.90. The van der Waals surface area contributed by atoms with Gasteiger partial charge in [0.25, 0.3) is 21.8 Å². The van der Waals surface area contributed by atoms with E-state index in [1.54, 1.807) is 5.32 Å². The summed E-state index contributed by atoms with van der Waals surface area (Å²) in [7, 11) is -6.48. The van der Waals surface area contributed by atoms with E-state index in [2.05, 4.69) is 19.4 Å². The first-order chi connectivity index (χ1) is 38.8. The molecule has 6 rings (SSSR count). The SMILES string of the molecule is CCCCCOC(=O)COc1cc(N2C(=O)C3=C(CCCC3)C2=O)c(F)cc1Cl.COc1c(Cl)ccc(Cl)c1C(=O)O.CP(=O)(O)CCC(N)C(=O)O.O=C(Nc1nc(OC(F)F)cc(OC(F)F)n1)NS(=O)(=O)c1ccccc1C(=O)O. The summed E-state index contributed by atoms with van der Waals surface area (Å²) in [4.78, 5) is 96.4. The highest BCUT2D eigenvalue weighted by atomic mass is 35.5. The first kappa shape index (κ1) is 69.9. The van der Waals surface area contributed by atoms with Gasteiger partial charge < -0.3 is 49.6 Å². The van der Waals surface area contributed by atoms with Crippen molar-refractivity contribution in [1.29, 1.82) is 0 Å². The molecule has 0 spiro atoms. The summed E-state index contributed by atoms with van der Waals surface area (Å²) in [5.41, 5.74) is 5.01. The van der Waals surface area contributed by atoms with Crippen molar-refractivity contribution in [1.82, 2.24) is 14.7 Å². The third-order valence-electron chi connectivity index (χ3n) is 10.6. The molecular formula is C48H51Cl3F5N6O19PS. The average molecular weight is 1280 g/mol. The molecule has 4 aromatic rings. The van der Waals surface area contributed by atoms with Crippen LogP contribution in [0.1, 0.15) is 79.0 Å². The standard InChI is InChI=1S/C21H23ClFNO5.C14H10F4N4O7S.C8H6Cl2O3.C5H12NO4P/c1-2-3-6-9-28-19(25)12-29-18-11-17(16(23)10-15(18)22)24-20(26)13-7-4-5-8-14(13)21(24)27;15-11(16)28-8-5-9(29-12(17)18)20-13(19-8)21-14(25)22-30(26,27)7-4-2-1-3-6(7)10(23)24;1-13-7-5(10)3-2-4(9)6(7)8(11)12;1-11(9,10)3-2-4(6)5(7)8/h10-11H,2-9,12H2,1H3;1-5,11-12H,(H,23,24)(H2,19,20,21,22,25);2-3H,1H3,(H,11,12);4H,2-3,6H2,1H3,(H,7,8)(H,9,10). The maximum atomic E-state index is 14.5. The number of urea groups is 1. The van der Waals surface area contributed by atoms with Crippen molar-refractivity contribution in [3.63, 3.8) is 0 Å². The van der Waals surface area contributed by atoms with Crippen LogP contribution < -0.4 is 39.6 Å². The fraction of sp³-hybridized carbons (Fsp3) is 0.354. The van der Waals surface area contributed by atoms with E-state index in [0.717, 1.165) is 55.2 Å². The Labute approximate surface area is 483 Å². The Kier molecular flexibility index (Phi) is 27.3. The number of nitrogens with one attached hydrogen (secondary N) is 2. The van der Waals surface area contributed by atoms with Crippen LogP contribution in [0, 0.1) is 5.82 Å². The Morgan fingerprint density at radius 3 is 1.90 bits per heavy atom. The number of imide groups is 1. The minimum atomic E-state index is -4.71. The predicted octanol–water partition coefficient (Wildman–Crippen LogP) is 8.61. The molecule has 4 amide bonds. The molecule has 454 valence electrons. The van der Waals surface area contributed by atoms with E-state index in [4.69, 9.17) is 75.0 Å². The summed E-state index contributed by atoms with van der Waals surface area (Å²) in [5.74, 6) is -9.08. The molecule has 8 N–H and O–H groups in total. The highest BCUT2D eigenvalue weighted by Crippen LogP contribution is 2.40. The van der Waals surface area contributed by atoms with Gasteiger partial charge in [-0.1, -0.05) is 66.7 Å². The number of rotatable bonds is 22. The molecule has 83 heavy (non-hydrogen) atoms. The Bertz CT molecular complexity index is 3180. The maximum absolute atomic E-state index is 14.5. The minimum absolute atomic E-state index is 0.000883. The van der Waals surface area contributed by atoms with Gasteiger partial charge in [0, 0.05) is 30.0 Å². The minimum Gasteiger partial charge on any atom is -0.494 e. The molecule has 1 aliphatic heterocycles. The number of halogens is 8. The lowest BCUT2D eigenvalue weighted by Crippen LogP contribution is -2.35. The second-order valence-corrected chi connectivity index (χ2v) is 22.2. The van der Waals surface area contributed by atoms with Crippen LogP contribution in [0.5, 0.6) is 23.3 Å². The number of carboxylic acids is 3. The molecule has 1 aliphatic carbocycles. The number of carbonyl (C=O) groups is 7. The Hall–Kier alpha value is -7.41. The van der Waals surface area contributed by atoms with E-state index in [0.29, 0.717) is 36.7 Å². The molecule has 0 fully saturated rings. The third kappa shape index (κ3) is 22.0. The van der Waals surface area contributed by atoms with E-state index in [9.17, 15) is 68.5 Å². The maximum Gasteiger partial charge on any atom is 0.388 e. The molecule has 2 unspecified atom stereocenters. The summed E-state index contributed by atoms with van der Waals surface area (Å²) < 4.78 is 123. The molecule has 25 nitrogen and oxygen atoms in total. The van der Waals surface area contributed by atoms with E-state index in [1.807, 2.05) is 6.92 Å². The third-order valence-corrected chi connectivity index (χ3v) is 14.0. The number of aromatic carboxylic acids is 2. The first-order valence-electron chi connectivity index (χ1n) is 23.7. The number of esters is 1. The summed E-state index contributed by atoms with van der Waals surface area (Å²) in [6, 6.07) is 7.23. The summed E-state index contributed by atoms with van der Waals surface area (Å²) in [6.45, 7) is -3.70. The van der Waals surface area contributed by atoms with Gasteiger partial charge in [0.2, 0.25) is 17.7 Å². The van der Waals surface area contributed by atoms with Crippen LogP contribution in [0.3, 0.4) is 0 Å². The fourth-order valence-electron chi connectivity index (χ4n) is 6.85. The highest BCUT2D eigenvalue weighted by Gasteiger charge is 2.41. The van der Waals surface area contributed by atoms with E-state index in [1.165, 1.54) is 48.8 Å². The van der Waals surface area contributed by atoms with Gasteiger partial charge in [-0.2, -0.15) is 27.5 Å². The van der Waals surface area contributed by atoms with Crippen LogP contribution in [0.25, 0.3) is 0 Å². The number of sulfonamides is 1. The number of ether oxygens (including phenoxy) is 5. The van der Waals surface area contributed by atoms with Gasteiger partial charge in [-0.15, -0.1) is 0 Å². The largest absolute Gasteiger partial charge is 0.494 e. The van der Waals surface area contributed by atoms with Crippen molar-refractivity contribution in [3.8, 4) is 23.3 Å². The zero-order valence-corrected chi connectivity index (χ0v) is 47.4. The number of unbranched alkanes of at least 4 members (excludes halogenated alkanes) is 2. The zero-order valence-electron chi connectivity index (χ0n) is 43.4. The van der Waals surface area contributed by atoms with Crippen LogP contribution in [0.15, 0.2) is 70.6 Å². The molecule has 0 radical (unpaired) electrons. The van der Waals surface area contributed by atoms with Crippen LogP contribution in [-0.2, 0) is 38.5 Å². The lowest BCUT2D eigenvalue weighted by molar-refractivity contribution is -0.146. The van der Waals surface area contributed by atoms with E-state index >= 15 is 0 Å². The molecule has 0 saturated heterocycles. The topological polar surface area (TPSA) is 377 Å². The van der Waals surface area contributed by atoms with Gasteiger partial charge in [0.05, 0.1) is 46.1 Å². The van der Waals surface area contributed by atoms with Crippen LogP contribution >= 0.6 is 42.2 Å². The number of carboxylic acid groups (broad SMARTS) is 3. The number of benzene rings is 3. The number of aliphatic carboxylic acids is 1. The first-order valence-corrected chi connectivity index (χ1v) is 28.6. The fourth-order valence-corrected chi connectivity index (χ4v) is 9.39. The number of anilines is 2. The summed E-state index contributed by atoms with van der Waals surface area (Å²) in [6.07, 6.45) is 5.40. The predicted molar refractivity (Wildman–Crippen MR) is 284 cm³/mol. The van der Waals surface area contributed by atoms with Gasteiger partial charge in [-0.25, -0.2) is 41.6 Å². The molecule has 0 saturated carbocycles. The number of nitrogens with zero attached hydrogens (tertiary/aromatic N) is 3. The summed E-state index contributed by atoms with van der Waals surface area (Å²) in [5, 5.41) is 28.1. The lowest BCUT2D eigenvalue weighted by atomic mass is 9.93. The molecular weight excluding hydrogens is 1230 g/mol. The number of aromatic nitrogens is 2. The number of nitrogens with two attached hydrogens (primary N) is 1. The molecule has 35 heteroatoms. The van der Waals surface area contributed by atoms with Gasteiger partial charge >= 0.3 is 43.1 Å². The molecule has 2 atom stereocenters. The van der Waals surface area contributed by atoms with Crippen LogP contribution in [-0.4, -0.2) is 133 Å². The zero-order chi connectivity index (χ0) is 62.5. The van der Waals surface area contributed by atoms with Crippen molar-refractivity contribution >= 4 is 106 Å². The Morgan fingerprint density at radius 1 is 0.843 bits per heavy atom. The monoisotopic (exact) mass is 1280 g/mol. The smallest absolute Gasteiger partial charge is 0.388 e. The molecule has 2 aliphatic rings. The average Bonchev–Trinajstić information content (AvgIpc) is 3.48.